The van der Waals surface area contributed by atoms with E-state index in [9.17, 15) is 19.7 Å². The van der Waals surface area contributed by atoms with Crippen molar-refractivity contribution in [3.8, 4) is 0 Å². The smallest absolute Gasteiger partial charge is 0.276 e. The first-order valence-corrected chi connectivity index (χ1v) is 8.67. The Labute approximate surface area is 166 Å². The zero-order valence-corrected chi connectivity index (χ0v) is 15.6. The molecule has 1 aliphatic rings. The van der Waals surface area contributed by atoms with Crippen LogP contribution in [0.3, 0.4) is 0 Å². The molecule has 2 amide bonds. The zero-order valence-electron chi connectivity index (χ0n) is 14.8. The average Bonchev–Trinajstić information content (AvgIpc) is 2.64. The molecule has 0 atom stereocenters. The molecule has 0 saturated carbocycles. The molecular formula is C20H15N3O4S. The van der Waals surface area contributed by atoms with Gasteiger partial charge in [-0.3, -0.25) is 29.9 Å². The van der Waals surface area contributed by atoms with Crippen molar-refractivity contribution in [3.05, 3.63) is 87.5 Å². The quantitative estimate of drug-likeness (QED) is 0.283. The number of aryl methyl sites for hydroxylation is 1. The van der Waals surface area contributed by atoms with Crippen molar-refractivity contribution in [1.82, 2.24) is 5.32 Å². The molecule has 7 nitrogen and oxygen atoms in total. The van der Waals surface area contributed by atoms with Crippen molar-refractivity contribution in [3.63, 3.8) is 0 Å². The Morgan fingerprint density at radius 1 is 1.14 bits per heavy atom. The lowest BCUT2D eigenvalue weighted by molar-refractivity contribution is -0.385. The van der Waals surface area contributed by atoms with E-state index >= 15 is 0 Å². The Hall–Kier alpha value is -3.65. The molecule has 0 aliphatic carbocycles. The van der Waals surface area contributed by atoms with Gasteiger partial charge in [0.2, 0.25) is 0 Å². The summed E-state index contributed by atoms with van der Waals surface area (Å²) in [5.41, 5.74) is 1.65. The lowest BCUT2D eigenvalue weighted by Crippen LogP contribution is -2.54. The number of hydrogen-bond donors (Lipinski definition) is 1. The third kappa shape index (κ3) is 3.86. The Bertz CT molecular complexity index is 1060. The molecular weight excluding hydrogens is 378 g/mol. The predicted octanol–water partition coefficient (Wildman–Crippen LogP) is 3.29. The fourth-order valence-electron chi connectivity index (χ4n) is 2.72. The highest BCUT2D eigenvalue weighted by Gasteiger charge is 2.34. The van der Waals surface area contributed by atoms with Crippen molar-refractivity contribution in [1.29, 1.82) is 0 Å². The lowest BCUT2D eigenvalue weighted by atomic mass is 10.1. The van der Waals surface area contributed by atoms with Gasteiger partial charge in [0, 0.05) is 6.07 Å². The van der Waals surface area contributed by atoms with Gasteiger partial charge in [0.1, 0.15) is 5.57 Å². The molecule has 1 saturated heterocycles. The second kappa shape index (κ2) is 7.93. The molecule has 0 bridgehead atoms. The number of benzene rings is 2. The number of hydrogen-bond acceptors (Lipinski definition) is 5. The lowest BCUT2D eigenvalue weighted by Gasteiger charge is -2.28. The monoisotopic (exact) mass is 393 g/mol. The molecule has 1 N–H and O–H groups in total. The van der Waals surface area contributed by atoms with Crippen LogP contribution in [0.5, 0.6) is 0 Å². The molecule has 2 aromatic rings. The third-order valence-electron chi connectivity index (χ3n) is 4.03. The maximum absolute atomic E-state index is 12.8. The molecule has 3 rings (SSSR count). The van der Waals surface area contributed by atoms with E-state index in [1.807, 2.05) is 13.0 Å². The molecule has 0 unspecified atom stereocenters. The fraction of sp³-hybridized carbons (Fsp3) is 0.0500. The van der Waals surface area contributed by atoms with E-state index in [0.29, 0.717) is 11.3 Å². The van der Waals surface area contributed by atoms with Crippen LogP contribution in [0.1, 0.15) is 11.1 Å². The topological polar surface area (TPSA) is 92.6 Å². The summed E-state index contributed by atoms with van der Waals surface area (Å²) >= 11 is 5.15. The molecule has 1 fully saturated rings. The number of nitro benzene ring substituents is 1. The van der Waals surface area contributed by atoms with Gasteiger partial charge in [-0.2, -0.15) is 0 Å². The van der Waals surface area contributed by atoms with Gasteiger partial charge in [0.25, 0.3) is 17.5 Å². The van der Waals surface area contributed by atoms with Crippen LogP contribution in [-0.2, 0) is 9.59 Å². The second-order valence-corrected chi connectivity index (χ2v) is 6.38. The van der Waals surface area contributed by atoms with Crippen molar-refractivity contribution in [2.45, 2.75) is 6.92 Å². The van der Waals surface area contributed by atoms with Crippen molar-refractivity contribution in [2.24, 2.45) is 0 Å². The number of thiocarbonyl (C=S) groups is 1. The molecule has 1 aliphatic heterocycles. The second-order valence-electron chi connectivity index (χ2n) is 5.99. The fourth-order valence-corrected chi connectivity index (χ4v) is 3.00. The summed E-state index contributed by atoms with van der Waals surface area (Å²) in [5.74, 6) is -1.18. The summed E-state index contributed by atoms with van der Waals surface area (Å²) in [6.07, 6.45) is 4.21. The summed E-state index contributed by atoms with van der Waals surface area (Å²) in [7, 11) is 0. The Balaban J connectivity index is 1.93. The minimum Gasteiger partial charge on any atom is -0.298 e. The van der Waals surface area contributed by atoms with Gasteiger partial charge in [-0.1, -0.05) is 30.3 Å². The summed E-state index contributed by atoms with van der Waals surface area (Å²) in [5, 5.41) is 13.6. The molecule has 1 heterocycles. The van der Waals surface area contributed by atoms with Gasteiger partial charge >= 0.3 is 0 Å². The van der Waals surface area contributed by atoms with Crippen molar-refractivity contribution in [2.75, 3.05) is 4.90 Å². The van der Waals surface area contributed by atoms with Crippen LogP contribution < -0.4 is 10.2 Å². The largest absolute Gasteiger partial charge is 0.298 e. The minimum atomic E-state index is -0.619. The molecule has 28 heavy (non-hydrogen) atoms. The predicted molar refractivity (Wildman–Crippen MR) is 110 cm³/mol. The van der Waals surface area contributed by atoms with E-state index in [1.165, 1.54) is 29.2 Å². The highest BCUT2D eigenvalue weighted by molar-refractivity contribution is 7.80. The standard InChI is InChI=1S/C20H15N3O4S/c1-13-6-4-9-15(12-13)22-19(25)16(18(24)21-20(22)28)10-5-8-14-7-2-3-11-17(14)23(26)27/h2-12H,1H3,(H,21,24,28)/b8-5+,16-10+. The number of amides is 2. The maximum atomic E-state index is 12.8. The first-order valence-electron chi connectivity index (χ1n) is 8.26. The number of nitro groups is 1. The molecule has 0 spiro atoms. The van der Waals surface area contributed by atoms with E-state index in [4.69, 9.17) is 12.2 Å². The molecule has 140 valence electrons. The van der Waals surface area contributed by atoms with Gasteiger partial charge in [-0.15, -0.1) is 0 Å². The summed E-state index contributed by atoms with van der Waals surface area (Å²) in [6, 6.07) is 13.3. The van der Waals surface area contributed by atoms with Gasteiger partial charge in [-0.25, -0.2) is 0 Å². The summed E-state index contributed by atoms with van der Waals surface area (Å²) in [6.45, 7) is 1.88. The van der Waals surface area contributed by atoms with Crippen LogP contribution in [0.15, 0.2) is 66.3 Å². The highest BCUT2D eigenvalue weighted by atomic mass is 32.1. The van der Waals surface area contributed by atoms with E-state index in [0.717, 1.165) is 5.56 Å². The van der Waals surface area contributed by atoms with Crippen LogP contribution in [0.25, 0.3) is 6.08 Å². The molecule has 2 aromatic carbocycles. The summed E-state index contributed by atoms with van der Waals surface area (Å²) < 4.78 is 0. The van der Waals surface area contributed by atoms with Gasteiger partial charge in [0.05, 0.1) is 16.2 Å². The average molecular weight is 393 g/mol. The molecule has 0 radical (unpaired) electrons. The number of carbonyl (C=O) groups excluding carboxylic acids is 2. The minimum absolute atomic E-state index is 0.000395. The van der Waals surface area contributed by atoms with Crippen molar-refractivity contribution >= 4 is 46.6 Å². The number of carbonyl (C=O) groups is 2. The van der Waals surface area contributed by atoms with Gasteiger partial charge in [-0.05, 0) is 55.1 Å². The third-order valence-corrected chi connectivity index (χ3v) is 4.32. The Morgan fingerprint density at radius 2 is 1.89 bits per heavy atom. The number of allylic oxidation sites excluding steroid dienone is 2. The normalized spacial score (nSPS) is 16.0. The maximum Gasteiger partial charge on any atom is 0.276 e. The van der Waals surface area contributed by atoms with Crippen LogP contribution in [0, 0.1) is 17.0 Å². The van der Waals surface area contributed by atoms with E-state index in [-0.39, 0.29) is 16.4 Å². The summed E-state index contributed by atoms with van der Waals surface area (Å²) in [4.78, 5) is 36.9. The first-order chi connectivity index (χ1) is 13.4. The number of para-hydroxylation sites is 1. The number of nitrogens with zero attached hydrogens (tertiary/aromatic N) is 2. The van der Waals surface area contributed by atoms with Crippen molar-refractivity contribution < 1.29 is 14.5 Å². The van der Waals surface area contributed by atoms with Crippen LogP contribution in [0.4, 0.5) is 11.4 Å². The first kappa shape index (κ1) is 19.1. The Kier molecular flexibility index (Phi) is 5.42. The zero-order chi connectivity index (χ0) is 20.3. The number of nitrogens with one attached hydrogen (secondary N) is 1. The Morgan fingerprint density at radius 3 is 2.61 bits per heavy atom. The van der Waals surface area contributed by atoms with E-state index in [2.05, 4.69) is 5.32 Å². The van der Waals surface area contributed by atoms with Crippen LogP contribution in [-0.4, -0.2) is 21.9 Å². The van der Waals surface area contributed by atoms with E-state index in [1.54, 1.807) is 36.4 Å². The SMILES string of the molecule is Cc1cccc(N2C(=O)/C(=C/C=C/c3ccccc3[N+](=O)[O-])C(=O)NC2=S)c1. The van der Waals surface area contributed by atoms with Gasteiger partial charge < -0.3 is 0 Å². The molecule has 8 heteroatoms. The number of rotatable bonds is 4. The molecule has 0 aromatic heterocycles. The van der Waals surface area contributed by atoms with Crippen LogP contribution in [0.2, 0.25) is 0 Å². The highest BCUT2D eigenvalue weighted by Crippen LogP contribution is 2.22. The van der Waals surface area contributed by atoms with Gasteiger partial charge in [0.15, 0.2) is 5.11 Å². The number of anilines is 1. The van der Waals surface area contributed by atoms with Crippen LogP contribution >= 0.6 is 12.2 Å². The van der Waals surface area contributed by atoms with E-state index < -0.39 is 16.7 Å².